The molecule has 14 heavy (non-hydrogen) atoms. The van der Waals surface area contributed by atoms with Crippen molar-refractivity contribution in [3.05, 3.63) is 11.3 Å². The van der Waals surface area contributed by atoms with Gasteiger partial charge < -0.3 is 15.2 Å². The predicted molar refractivity (Wildman–Crippen MR) is 52.5 cm³/mol. The maximum absolute atomic E-state index is 10.9. The molecule has 0 spiro atoms. The lowest BCUT2D eigenvalue weighted by atomic mass is 10.2. The summed E-state index contributed by atoms with van der Waals surface area (Å²) in [6.07, 6.45) is 1.90. The molecule has 1 atom stereocenters. The lowest BCUT2D eigenvalue weighted by Gasteiger charge is -2.10. The van der Waals surface area contributed by atoms with Crippen LogP contribution in [-0.2, 0) is 14.3 Å². The topological polar surface area (TPSA) is 64.8 Å². The summed E-state index contributed by atoms with van der Waals surface area (Å²) in [5.41, 5.74) is 5.70. The van der Waals surface area contributed by atoms with Gasteiger partial charge in [0.15, 0.2) is 0 Å². The number of rotatable bonds is 6. The van der Waals surface area contributed by atoms with Gasteiger partial charge in [-0.1, -0.05) is 6.92 Å². The Balaban J connectivity index is 2.50. The molecule has 0 aromatic heterocycles. The molecule has 1 aliphatic rings. The van der Waals surface area contributed by atoms with Crippen molar-refractivity contribution in [2.75, 3.05) is 13.2 Å². The van der Waals surface area contributed by atoms with E-state index in [-0.39, 0.29) is 6.10 Å². The van der Waals surface area contributed by atoms with Crippen molar-refractivity contribution in [2.24, 2.45) is 5.73 Å². The molecule has 1 fully saturated rings. The van der Waals surface area contributed by atoms with Crippen LogP contribution in [0.4, 0.5) is 0 Å². The van der Waals surface area contributed by atoms with E-state index in [1.54, 1.807) is 6.92 Å². The first-order valence-corrected chi connectivity index (χ1v) is 4.89. The lowest BCUT2D eigenvalue weighted by Crippen LogP contribution is -2.15. The molecule has 0 aromatic rings. The maximum atomic E-state index is 10.9. The molecule has 0 saturated carbocycles. The van der Waals surface area contributed by atoms with Crippen molar-refractivity contribution in [2.45, 2.75) is 32.8 Å². The number of hydrogen-bond donors (Lipinski definition) is 1. The van der Waals surface area contributed by atoms with Crippen molar-refractivity contribution in [3.63, 3.8) is 0 Å². The average Bonchev–Trinajstić information content (AvgIpc) is 2.94. The van der Waals surface area contributed by atoms with Gasteiger partial charge in [-0.25, -0.2) is 0 Å². The first kappa shape index (κ1) is 11.0. The summed E-state index contributed by atoms with van der Waals surface area (Å²) >= 11 is 0. The van der Waals surface area contributed by atoms with Crippen LogP contribution in [0.25, 0.3) is 0 Å². The Morgan fingerprint density at radius 1 is 1.64 bits per heavy atom. The van der Waals surface area contributed by atoms with Crippen LogP contribution in [0.3, 0.4) is 0 Å². The third kappa shape index (κ3) is 3.38. The van der Waals surface area contributed by atoms with Crippen LogP contribution in [0.15, 0.2) is 11.3 Å². The fourth-order valence-electron chi connectivity index (χ4n) is 1.09. The molecule has 1 unspecified atom stereocenters. The van der Waals surface area contributed by atoms with E-state index in [1.165, 1.54) is 0 Å². The van der Waals surface area contributed by atoms with E-state index in [9.17, 15) is 4.79 Å². The molecule has 2 N–H and O–H groups in total. The molecule has 0 aromatic carbocycles. The number of amides is 1. The van der Waals surface area contributed by atoms with Crippen LogP contribution in [0.1, 0.15) is 26.7 Å². The number of epoxide rings is 1. The first-order chi connectivity index (χ1) is 6.65. The molecule has 0 aliphatic carbocycles. The number of primary amides is 1. The second-order valence-corrected chi connectivity index (χ2v) is 3.43. The third-order valence-electron chi connectivity index (χ3n) is 2.11. The van der Waals surface area contributed by atoms with E-state index in [2.05, 4.69) is 0 Å². The van der Waals surface area contributed by atoms with Gasteiger partial charge in [-0.3, -0.25) is 4.79 Å². The average molecular weight is 199 g/mol. The summed E-state index contributed by atoms with van der Waals surface area (Å²) in [6.45, 7) is 5.02. The molecule has 4 nitrogen and oxygen atoms in total. The zero-order valence-corrected chi connectivity index (χ0v) is 8.71. The molecular weight excluding hydrogens is 182 g/mol. The first-order valence-electron chi connectivity index (χ1n) is 4.89. The highest BCUT2D eigenvalue weighted by Crippen LogP contribution is 2.16. The summed E-state index contributed by atoms with van der Waals surface area (Å²) in [5, 5.41) is 0. The van der Waals surface area contributed by atoms with Crippen molar-refractivity contribution in [1.29, 1.82) is 0 Å². The quantitative estimate of drug-likeness (QED) is 0.393. The highest BCUT2D eigenvalue weighted by atomic mass is 16.6. The highest BCUT2D eigenvalue weighted by Gasteiger charge is 2.23. The standard InChI is InChI=1S/C10H17NO3/c1-3-4-9(7(2)10(11)12)14-6-8-5-13-8/h8H,3-6H2,1-2H3,(H2,11,12)/b9-7+. The molecule has 0 bridgehead atoms. The molecule has 4 heteroatoms. The van der Waals surface area contributed by atoms with Crippen molar-refractivity contribution < 1.29 is 14.3 Å². The van der Waals surface area contributed by atoms with Gasteiger partial charge in [0, 0.05) is 6.42 Å². The highest BCUT2D eigenvalue weighted by molar-refractivity contribution is 5.91. The van der Waals surface area contributed by atoms with Gasteiger partial charge >= 0.3 is 0 Å². The van der Waals surface area contributed by atoms with Crippen LogP contribution < -0.4 is 5.73 Å². The summed E-state index contributed by atoms with van der Waals surface area (Å²) < 4.78 is 10.5. The number of ether oxygens (including phenoxy) is 2. The number of hydrogen-bond acceptors (Lipinski definition) is 3. The largest absolute Gasteiger partial charge is 0.495 e. The Hall–Kier alpha value is -1.03. The molecule has 1 rings (SSSR count). The Morgan fingerprint density at radius 3 is 2.71 bits per heavy atom. The molecule has 1 heterocycles. The predicted octanol–water partition coefficient (Wildman–Crippen LogP) is 0.961. The molecule has 80 valence electrons. The summed E-state index contributed by atoms with van der Waals surface area (Å²) in [5.74, 6) is 0.292. The van der Waals surface area contributed by atoms with Gasteiger partial charge in [-0.2, -0.15) is 0 Å². The SMILES string of the molecule is CCC/C(OCC1CO1)=C(/C)C(N)=O. The second-order valence-electron chi connectivity index (χ2n) is 3.43. The van der Waals surface area contributed by atoms with E-state index in [1.807, 2.05) is 6.92 Å². The van der Waals surface area contributed by atoms with Gasteiger partial charge in [0.25, 0.3) is 0 Å². The number of allylic oxidation sites excluding steroid dienone is 1. The molecule has 1 saturated heterocycles. The number of carbonyl (C=O) groups excluding carboxylic acids is 1. The van der Waals surface area contributed by atoms with Gasteiger partial charge in [0.05, 0.1) is 12.2 Å². The third-order valence-corrected chi connectivity index (χ3v) is 2.11. The fourth-order valence-corrected chi connectivity index (χ4v) is 1.09. The lowest BCUT2D eigenvalue weighted by molar-refractivity contribution is -0.114. The minimum absolute atomic E-state index is 0.211. The van der Waals surface area contributed by atoms with Crippen LogP contribution in [-0.4, -0.2) is 25.2 Å². The summed E-state index contributed by atoms with van der Waals surface area (Å²) in [7, 11) is 0. The smallest absolute Gasteiger partial charge is 0.247 e. The van der Waals surface area contributed by atoms with Crippen LogP contribution in [0, 0.1) is 0 Å². The van der Waals surface area contributed by atoms with Crippen LogP contribution in [0.2, 0.25) is 0 Å². The van der Waals surface area contributed by atoms with E-state index in [4.69, 9.17) is 15.2 Å². The Morgan fingerprint density at radius 2 is 2.29 bits per heavy atom. The maximum Gasteiger partial charge on any atom is 0.247 e. The molecular formula is C10H17NO3. The van der Waals surface area contributed by atoms with Crippen molar-refractivity contribution in [3.8, 4) is 0 Å². The van der Waals surface area contributed by atoms with Gasteiger partial charge in [-0.05, 0) is 13.3 Å². The van der Waals surface area contributed by atoms with E-state index >= 15 is 0 Å². The van der Waals surface area contributed by atoms with Gasteiger partial charge in [-0.15, -0.1) is 0 Å². The van der Waals surface area contributed by atoms with Crippen LogP contribution >= 0.6 is 0 Å². The fraction of sp³-hybridized carbons (Fsp3) is 0.700. The molecule has 1 aliphatic heterocycles. The van der Waals surface area contributed by atoms with E-state index in [0.717, 1.165) is 19.4 Å². The number of nitrogens with two attached hydrogens (primary N) is 1. The summed E-state index contributed by atoms with van der Waals surface area (Å²) in [4.78, 5) is 10.9. The van der Waals surface area contributed by atoms with E-state index in [0.29, 0.717) is 17.9 Å². The Kier molecular flexibility index (Phi) is 3.95. The molecule has 1 amide bonds. The van der Waals surface area contributed by atoms with E-state index < -0.39 is 5.91 Å². The summed E-state index contributed by atoms with van der Waals surface area (Å²) in [6, 6.07) is 0. The zero-order chi connectivity index (χ0) is 10.6. The minimum atomic E-state index is -0.412. The minimum Gasteiger partial charge on any atom is -0.495 e. The normalized spacial score (nSPS) is 21.4. The van der Waals surface area contributed by atoms with Crippen molar-refractivity contribution >= 4 is 5.91 Å². The van der Waals surface area contributed by atoms with Gasteiger partial charge in [0.2, 0.25) is 5.91 Å². The zero-order valence-electron chi connectivity index (χ0n) is 8.71. The Bertz CT molecular complexity index is 244. The van der Waals surface area contributed by atoms with Gasteiger partial charge in [0.1, 0.15) is 18.5 Å². The molecule has 0 radical (unpaired) electrons. The second kappa shape index (κ2) is 5.00. The number of carbonyl (C=O) groups is 1. The van der Waals surface area contributed by atoms with Crippen LogP contribution in [0.5, 0.6) is 0 Å². The Labute approximate surface area is 84.1 Å². The van der Waals surface area contributed by atoms with Crippen molar-refractivity contribution in [1.82, 2.24) is 0 Å². The monoisotopic (exact) mass is 199 g/mol.